The van der Waals surface area contributed by atoms with Crippen molar-refractivity contribution in [2.75, 3.05) is 64.3 Å². The number of methoxy groups -OCH3 is 3. The van der Waals surface area contributed by atoms with Crippen molar-refractivity contribution in [3.05, 3.63) is 46.1 Å². The molecule has 202 valence electrons. The molecule has 2 aliphatic rings. The van der Waals surface area contributed by atoms with Gasteiger partial charge < -0.3 is 28.7 Å². The average molecular weight is 564 g/mol. The topological polar surface area (TPSA) is 115 Å². The Morgan fingerprint density at radius 1 is 1.18 bits per heavy atom. The summed E-state index contributed by atoms with van der Waals surface area (Å²) in [7, 11) is 4.29. The van der Waals surface area contributed by atoms with Crippen molar-refractivity contribution in [1.29, 1.82) is 0 Å². The molecular weight excluding hydrogens is 537 g/mol. The molecule has 2 aromatic rings. The second-order valence-corrected chi connectivity index (χ2v) is 9.16. The minimum Gasteiger partial charge on any atom is -0.495 e. The van der Waals surface area contributed by atoms with E-state index in [1.54, 1.807) is 17.2 Å². The third-order valence-electron chi connectivity index (χ3n) is 6.13. The average Bonchev–Trinajstić information content (AvgIpc) is 2.89. The van der Waals surface area contributed by atoms with Crippen LogP contribution in [0.25, 0.3) is 11.6 Å². The number of anilines is 2. The molecule has 2 amide bonds. The van der Waals surface area contributed by atoms with E-state index in [1.165, 1.54) is 27.4 Å². The normalized spacial score (nSPS) is 14.7. The van der Waals surface area contributed by atoms with Gasteiger partial charge >= 0.3 is 6.09 Å². The predicted molar refractivity (Wildman–Crippen MR) is 144 cm³/mol. The molecule has 1 fully saturated rings. The third kappa shape index (κ3) is 5.64. The molecular formula is C25H27Cl2N5O6. The molecule has 1 aromatic carbocycles. The van der Waals surface area contributed by atoms with Crippen LogP contribution in [0.5, 0.6) is 11.5 Å². The first-order valence-corrected chi connectivity index (χ1v) is 12.4. The molecule has 0 saturated carbocycles. The lowest BCUT2D eigenvalue weighted by Crippen LogP contribution is -2.54. The number of nitrogens with zero attached hydrogens (tertiary/aromatic N) is 4. The highest BCUT2D eigenvalue weighted by Crippen LogP contribution is 2.45. The van der Waals surface area contributed by atoms with Crippen LogP contribution in [-0.2, 0) is 14.3 Å². The van der Waals surface area contributed by atoms with Crippen molar-refractivity contribution in [1.82, 2.24) is 14.9 Å². The molecule has 3 heterocycles. The van der Waals surface area contributed by atoms with E-state index in [2.05, 4.69) is 26.6 Å². The number of amides is 2. The lowest BCUT2D eigenvalue weighted by Gasteiger charge is -2.39. The van der Waals surface area contributed by atoms with Crippen molar-refractivity contribution < 1.29 is 28.5 Å². The summed E-state index contributed by atoms with van der Waals surface area (Å²) in [5.41, 5.74) is 2.03. The Morgan fingerprint density at radius 2 is 1.87 bits per heavy atom. The van der Waals surface area contributed by atoms with Crippen LogP contribution in [0.3, 0.4) is 0 Å². The van der Waals surface area contributed by atoms with Crippen molar-refractivity contribution in [3.63, 3.8) is 0 Å². The number of aromatic nitrogens is 2. The van der Waals surface area contributed by atoms with Crippen molar-refractivity contribution >= 4 is 58.6 Å². The van der Waals surface area contributed by atoms with Crippen LogP contribution in [0, 0.1) is 0 Å². The monoisotopic (exact) mass is 563 g/mol. The Morgan fingerprint density at radius 3 is 2.47 bits per heavy atom. The molecule has 0 atom stereocenters. The molecule has 0 bridgehead atoms. The first-order chi connectivity index (χ1) is 18.3. The molecule has 1 aromatic heterocycles. The lowest BCUT2D eigenvalue weighted by molar-refractivity contribution is -0.139. The number of likely N-dealkylation sites (tertiary alicyclic amines) is 1. The Bertz CT molecular complexity index is 1250. The van der Waals surface area contributed by atoms with E-state index in [0.29, 0.717) is 71.3 Å². The van der Waals surface area contributed by atoms with Crippen molar-refractivity contribution in [2.24, 2.45) is 0 Å². The van der Waals surface area contributed by atoms with Crippen molar-refractivity contribution in [3.8, 4) is 11.5 Å². The highest BCUT2D eigenvalue weighted by molar-refractivity contribution is 6.39. The molecule has 38 heavy (non-hydrogen) atoms. The fraction of sp³-hybridized carbons (Fsp3) is 0.360. The highest BCUT2D eigenvalue weighted by atomic mass is 35.5. The second kappa shape index (κ2) is 11.9. The highest BCUT2D eigenvalue weighted by Gasteiger charge is 2.31. The maximum Gasteiger partial charge on any atom is 0.413 e. The van der Waals surface area contributed by atoms with Crippen molar-refractivity contribution in [2.45, 2.75) is 6.10 Å². The first kappa shape index (κ1) is 27.5. The van der Waals surface area contributed by atoms with Gasteiger partial charge in [0.25, 0.3) is 0 Å². The van der Waals surface area contributed by atoms with Gasteiger partial charge in [-0.15, -0.1) is 0 Å². The summed E-state index contributed by atoms with van der Waals surface area (Å²) >= 11 is 13.4. The molecule has 0 radical (unpaired) electrons. The fourth-order valence-electron chi connectivity index (χ4n) is 4.14. The molecule has 11 nitrogen and oxygen atoms in total. The van der Waals surface area contributed by atoms with Crippen LogP contribution in [0.2, 0.25) is 10.0 Å². The Labute approximate surface area is 229 Å². The zero-order valence-corrected chi connectivity index (χ0v) is 22.6. The van der Waals surface area contributed by atoms with Gasteiger partial charge in [-0.25, -0.2) is 9.78 Å². The van der Waals surface area contributed by atoms with Crippen LogP contribution >= 0.6 is 23.2 Å². The smallest absolute Gasteiger partial charge is 0.413 e. The van der Waals surface area contributed by atoms with Gasteiger partial charge in [-0.1, -0.05) is 29.8 Å². The third-order valence-corrected chi connectivity index (χ3v) is 6.88. The number of halogens is 2. The number of rotatable bonds is 9. The quantitative estimate of drug-likeness (QED) is 0.455. The van der Waals surface area contributed by atoms with E-state index < -0.39 is 6.09 Å². The number of carbonyl (C=O) groups excluding carboxylic acids is 2. The number of nitrogens with one attached hydrogen (secondary N) is 1. The number of hydrogen-bond donors (Lipinski definition) is 1. The minimum atomic E-state index is -0.683. The second-order valence-electron chi connectivity index (χ2n) is 8.40. The van der Waals surface area contributed by atoms with E-state index in [4.69, 9.17) is 37.4 Å². The molecule has 1 saturated heterocycles. The van der Waals surface area contributed by atoms with Gasteiger partial charge in [-0.05, 0) is 17.7 Å². The lowest BCUT2D eigenvalue weighted by atomic mass is 9.98. The standard InChI is InChI=1S/C25H27Cl2N5O6/c1-5-19(33)32-12-16(13-32)38-7-6-31-11-15(20-21(26)17(35-2)9-18(36-3)22(20)27)8-14-10-28-24(29-23(14)31)30-25(34)37-4/h5,8-10,16H,1,6-7,11-13H2,2-4H3,(H,28,29,30,34). The number of hydrogen-bond acceptors (Lipinski definition) is 9. The molecule has 2 aliphatic heterocycles. The fourth-order valence-corrected chi connectivity index (χ4v) is 4.88. The largest absolute Gasteiger partial charge is 0.495 e. The number of benzene rings is 1. The van der Waals surface area contributed by atoms with Gasteiger partial charge in [0.2, 0.25) is 11.9 Å². The first-order valence-electron chi connectivity index (χ1n) is 11.6. The Balaban J connectivity index is 1.62. The number of fused-ring (bicyclic) bond motifs is 1. The SMILES string of the molecule is C=CC(=O)N1CC(OCCN2CC(c3c(Cl)c(OC)cc(OC)c3Cl)=Cc3cnc(NC(=O)OC)nc32)C1. The van der Waals surface area contributed by atoms with E-state index >= 15 is 0 Å². The summed E-state index contributed by atoms with van der Waals surface area (Å²) in [4.78, 5) is 35.8. The zero-order chi connectivity index (χ0) is 27.4. The summed E-state index contributed by atoms with van der Waals surface area (Å²) < 4.78 is 21.5. The van der Waals surface area contributed by atoms with Crippen LogP contribution in [0.4, 0.5) is 16.6 Å². The van der Waals surface area contributed by atoms with E-state index in [0.717, 1.165) is 5.57 Å². The Hall–Kier alpha value is -3.54. The van der Waals surface area contributed by atoms with Crippen LogP contribution in [-0.4, -0.2) is 87.1 Å². The molecule has 1 N–H and O–H groups in total. The van der Waals surface area contributed by atoms with E-state index in [1.807, 2.05) is 11.0 Å². The zero-order valence-electron chi connectivity index (χ0n) is 21.1. The summed E-state index contributed by atoms with van der Waals surface area (Å²) in [5.74, 6) is 1.39. The summed E-state index contributed by atoms with van der Waals surface area (Å²) in [6, 6.07) is 1.63. The van der Waals surface area contributed by atoms with Gasteiger partial charge in [0, 0.05) is 49.6 Å². The predicted octanol–water partition coefficient (Wildman–Crippen LogP) is 3.75. The molecule has 0 spiro atoms. The minimum absolute atomic E-state index is 0.0633. The van der Waals surface area contributed by atoms with Gasteiger partial charge in [0.05, 0.1) is 44.1 Å². The number of ether oxygens (including phenoxy) is 4. The van der Waals surface area contributed by atoms with Gasteiger partial charge in [-0.3, -0.25) is 10.1 Å². The number of carbonyl (C=O) groups is 2. The summed E-state index contributed by atoms with van der Waals surface area (Å²) in [5, 5.41) is 3.17. The van der Waals surface area contributed by atoms with E-state index in [-0.39, 0.29) is 18.0 Å². The van der Waals surface area contributed by atoms with Crippen LogP contribution in [0.15, 0.2) is 24.9 Å². The maximum atomic E-state index is 11.7. The summed E-state index contributed by atoms with van der Waals surface area (Å²) in [6.07, 6.45) is 4.01. The Kier molecular flexibility index (Phi) is 8.60. The van der Waals surface area contributed by atoms with Gasteiger partial charge in [0.15, 0.2) is 0 Å². The van der Waals surface area contributed by atoms with Crippen LogP contribution < -0.4 is 19.7 Å². The van der Waals surface area contributed by atoms with Gasteiger partial charge in [-0.2, -0.15) is 4.98 Å². The molecule has 4 rings (SSSR count). The molecule has 0 aliphatic carbocycles. The van der Waals surface area contributed by atoms with E-state index in [9.17, 15) is 9.59 Å². The van der Waals surface area contributed by atoms with Gasteiger partial charge in [0.1, 0.15) is 17.3 Å². The maximum absolute atomic E-state index is 11.7. The molecule has 0 unspecified atom stereocenters. The molecule has 13 heteroatoms. The van der Waals surface area contributed by atoms with Crippen LogP contribution in [0.1, 0.15) is 11.1 Å². The summed E-state index contributed by atoms with van der Waals surface area (Å²) in [6.45, 7) is 5.70.